The highest BCUT2D eigenvalue weighted by atomic mass is 32.2. The van der Waals surface area contributed by atoms with E-state index in [0.717, 1.165) is 32.1 Å². The number of likely N-dealkylation sites (N-methyl/N-ethyl adjacent to an activating group) is 1. The van der Waals surface area contributed by atoms with E-state index in [1.807, 2.05) is 6.92 Å². The molecular weight excluding hydrogens is 342 g/mol. The van der Waals surface area contributed by atoms with E-state index in [0.29, 0.717) is 19.5 Å². The van der Waals surface area contributed by atoms with E-state index in [1.54, 1.807) is 23.4 Å². The Morgan fingerprint density at radius 3 is 2.48 bits per heavy atom. The molecule has 25 heavy (non-hydrogen) atoms. The first-order chi connectivity index (χ1) is 12.0. The van der Waals surface area contributed by atoms with Gasteiger partial charge in [0.2, 0.25) is 11.9 Å². The Kier molecular flexibility index (Phi) is 5.53. The second-order valence-corrected chi connectivity index (χ2v) is 8.78. The summed E-state index contributed by atoms with van der Waals surface area (Å²) in [6, 6.07) is 1.63. The van der Waals surface area contributed by atoms with E-state index >= 15 is 0 Å². The molecule has 0 saturated carbocycles. The summed E-state index contributed by atoms with van der Waals surface area (Å²) in [5, 5.41) is 0. The maximum absolute atomic E-state index is 12.6. The molecule has 0 bridgehead atoms. The third-order valence-corrected chi connectivity index (χ3v) is 6.63. The van der Waals surface area contributed by atoms with E-state index in [-0.39, 0.29) is 23.5 Å². The lowest BCUT2D eigenvalue weighted by atomic mass is 10.2. The SMILES string of the molecule is CCN(C(=O)CN1CCN(c2ncccn2)CC1)C1CCS(=O)(=O)C1. The molecule has 3 rings (SSSR count). The molecule has 0 aromatic carbocycles. The second-order valence-electron chi connectivity index (χ2n) is 6.55. The minimum Gasteiger partial charge on any atom is -0.338 e. The number of carbonyl (C=O) groups excluding carboxylic acids is 1. The second kappa shape index (κ2) is 7.65. The lowest BCUT2D eigenvalue weighted by Gasteiger charge is -2.36. The lowest BCUT2D eigenvalue weighted by Crippen LogP contribution is -2.52. The summed E-state index contributed by atoms with van der Waals surface area (Å²) in [5.74, 6) is 1.04. The summed E-state index contributed by atoms with van der Waals surface area (Å²) in [6.07, 6.45) is 4.01. The molecule has 1 atom stereocenters. The van der Waals surface area contributed by atoms with E-state index in [2.05, 4.69) is 19.8 Å². The first-order valence-electron chi connectivity index (χ1n) is 8.73. The van der Waals surface area contributed by atoms with Gasteiger partial charge in [0.25, 0.3) is 0 Å². The van der Waals surface area contributed by atoms with Crippen molar-refractivity contribution in [3.05, 3.63) is 18.5 Å². The van der Waals surface area contributed by atoms with Crippen molar-refractivity contribution in [3.8, 4) is 0 Å². The van der Waals surface area contributed by atoms with Gasteiger partial charge in [-0.25, -0.2) is 18.4 Å². The third-order valence-electron chi connectivity index (χ3n) is 4.88. The van der Waals surface area contributed by atoms with E-state index in [9.17, 15) is 13.2 Å². The molecule has 138 valence electrons. The Bertz CT molecular complexity index is 689. The van der Waals surface area contributed by atoms with Crippen molar-refractivity contribution in [2.45, 2.75) is 19.4 Å². The third kappa shape index (κ3) is 4.46. The average molecular weight is 367 g/mol. The monoisotopic (exact) mass is 367 g/mol. The number of hydrogen-bond acceptors (Lipinski definition) is 7. The van der Waals surface area contributed by atoms with Crippen molar-refractivity contribution in [2.24, 2.45) is 0 Å². The molecule has 8 nitrogen and oxygen atoms in total. The van der Waals surface area contributed by atoms with Crippen molar-refractivity contribution < 1.29 is 13.2 Å². The Balaban J connectivity index is 1.52. The predicted octanol–water partition coefficient (Wildman–Crippen LogP) is -0.366. The van der Waals surface area contributed by atoms with Gasteiger partial charge in [-0.15, -0.1) is 0 Å². The number of nitrogens with zero attached hydrogens (tertiary/aromatic N) is 5. The molecule has 0 spiro atoms. The van der Waals surface area contributed by atoms with Crippen LogP contribution in [0.2, 0.25) is 0 Å². The van der Waals surface area contributed by atoms with Crippen LogP contribution in [0.15, 0.2) is 18.5 Å². The quantitative estimate of drug-likeness (QED) is 0.702. The molecule has 9 heteroatoms. The van der Waals surface area contributed by atoms with Gasteiger partial charge >= 0.3 is 0 Å². The molecule has 2 aliphatic rings. The zero-order valence-electron chi connectivity index (χ0n) is 14.5. The summed E-state index contributed by atoms with van der Waals surface area (Å²) in [7, 11) is -2.98. The van der Waals surface area contributed by atoms with Crippen molar-refractivity contribution in [1.29, 1.82) is 0 Å². The van der Waals surface area contributed by atoms with E-state index in [4.69, 9.17) is 0 Å². The van der Waals surface area contributed by atoms with Gasteiger partial charge in [0.05, 0.1) is 18.1 Å². The van der Waals surface area contributed by atoms with Crippen LogP contribution in [-0.2, 0) is 14.6 Å². The molecule has 0 N–H and O–H groups in total. The van der Waals surface area contributed by atoms with Gasteiger partial charge in [-0.1, -0.05) is 0 Å². The number of aromatic nitrogens is 2. The molecule has 2 saturated heterocycles. The van der Waals surface area contributed by atoms with Gasteiger partial charge < -0.3 is 9.80 Å². The van der Waals surface area contributed by atoms with Crippen LogP contribution in [0, 0.1) is 0 Å². The lowest BCUT2D eigenvalue weighted by molar-refractivity contribution is -0.134. The highest BCUT2D eigenvalue weighted by Crippen LogP contribution is 2.18. The number of amides is 1. The van der Waals surface area contributed by atoms with Crippen molar-refractivity contribution in [1.82, 2.24) is 19.8 Å². The summed E-state index contributed by atoms with van der Waals surface area (Å²) >= 11 is 0. The number of carbonyl (C=O) groups is 1. The molecule has 3 heterocycles. The smallest absolute Gasteiger partial charge is 0.237 e. The maximum atomic E-state index is 12.6. The number of anilines is 1. The van der Waals surface area contributed by atoms with Gasteiger partial charge in [-0.3, -0.25) is 9.69 Å². The van der Waals surface area contributed by atoms with Gasteiger partial charge in [-0.05, 0) is 19.4 Å². The zero-order valence-corrected chi connectivity index (χ0v) is 15.4. The molecular formula is C16H25N5O3S. The molecule has 1 amide bonds. The van der Waals surface area contributed by atoms with Crippen molar-refractivity contribution in [3.63, 3.8) is 0 Å². The fourth-order valence-corrected chi connectivity index (χ4v) is 5.23. The highest BCUT2D eigenvalue weighted by molar-refractivity contribution is 7.91. The minimum absolute atomic E-state index is 0.0222. The number of hydrogen-bond donors (Lipinski definition) is 0. The first-order valence-corrected chi connectivity index (χ1v) is 10.5. The predicted molar refractivity (Wildman–Crippen MR) is 95.1 cm³/mol. The Hall–Kier alpha value is -1.74. The number of piperazine rings is 1. The van der Waals surface area contributed by atoms with Crippen LogP contribution in [0.5, 0.6) is 0 Å². The summed E-state index contributed by atoms with van der Waals surface area (Å²) < 4.78 is 23.4. The first kappa shape index (κ1) is 18.1. The van der Waals surface area contributed by atoms with Gasteiger partial charge in [-0.2, -0.15) is 0 Å². The fraction of sp³-hybridized carbons (Fsp3) is 0.688. The van der Waals surface area contributed by atoms with Gasteiger partial charge in [0.15, 0.2) is 9.84 Å². The summed E-state index contributed by atoms with van der Waals surface area (Å²) in [5.41, 5.74) is 0. The van der Waals surface area contributed by atoms with Crippen LogP contribution < -0.4 is 4.90 Å². The van der Waals surface area contributed by atoms with Crippen LogP contribution in [-0.4, -0.2) is 90.9 Å². The molecule has 0 aliphatic carbocycles. The van der Waals surface area contributed by atoms with Crippen LogP contribution in [0.3, 0.4) is 0 Å². The number of rotatable bonds is 5. The molecule has 1 unspecified atom stereocenters. The Morgan fingerprint density at radius 1 is 1.24 bits per heavy atom. The summed E-state index contributed by atoms with van der Waals surface area (Å²) in [6.45, 7) is 5.90. The standard InChI is InChI=1S/C16H25N5O3S/c1-2-21(14-4-11-25(23,24)13-14)15(22)12-19-7-9-20(10-8-19)16-17-5-3-6-18-16/h3,5-6,14H,2,4,7-13H2,1H3. The molecule has 2 aliphatic heterocycles. The molecule has 0 radical (unpaired) electrons. The Morgan fingerprint density at radius 2 is 1.92 bits per heavy atom. The van der Waals surface area contributed by atoms with Crippen LogP contribution >= 0.6 is 0 Å². The highest BCUT2D eigenvalue weighted by Gasteiger charge is 2.34. The molecule has 2 fully saturated rings. The topological polar surface area (TPSA) is 86.7 Å². The van der Waals surface area contributed by atoms with Crippen LogP contribution in [0.1, 0.15) is 13.3 Å². The zero-order chi connectivity index (χ0) is 17.9. The van der Waals surface area contributed by atoms with Crippen LogP contribution in [0.4, 0.5) is 5.95 Å². The average Bonchev–Trinajstić information content (AvgIpc) is 2.96. The van der Waals surface area contributed by atoms with Crippen molar-refractivity contribution in [2.75, 3.05) is 55.7 Å². The largest absolute Gasteiger partial charge is 0.338 e. The minimum atomic E-state index is -2.98. The molecule has 1 aromatic heterocycles. The van der Waals surface area contributed by atoms with Gasteiger partial charge in [0.1, 0.15) is 0 Å². The van der Waals surface area contributed by atoms with Crippen LogP contribution in [0.25, 0.3) is 0 Å². The van der Waals surface area contributed by atoms with Crippen molar-refractivity contribution >= 4 is 21.7 Å². The number of sulfone groups is 1. The Labute approximate surface area is 148 Å². The maximum Gasteiger partial charge on any atom is 0.237 e. The van der Waals surface area contributed by atoms with E-state index < -0.39 is 9.84 Å². The molecule has 1 aromatic rings. The normalized spacial score (nSPS) is 23.6. The van der Waals surface area contributed by atoms with Gasteiger partial charge in [0, 0.05) is 51.2 Å². The van der Waals surface area contributed by atoms with E-state index in [1.165, 1.54) is 0 Å². The summed E-state index contributed by atoms with van der Waals surface area (Å²) in [4.78, 5) is 27.1. The fourth-order valence-electron chi connectivity index (χ4n) is 3.50.